The van der Waals surface area contributed by atoms with Gasteiger partial charge in [0.25, 0.3) is 5.56 Å². The first-order valence-electron chi connectivity index (χ1n) is 13.9. The van der Waals surface area contributed by atoms with Crippen LogP contribution in [0.25, 0.3) is 23.1 Å². The van der Waals surface area contributed by atoms with Crippen LogP contribution in [-0.4, -0.2) is 24.3 Å². The van der Waals surface area contributed by atoms with E-state index in [9.17, 15) is 22.8 Å². The molecule has 1 aliphatic rings. The summed E-state index contributed by atoms with van der Waals surface area (Å²) >= 11 is 1.11. The van der Waals surface area contributed by atoms with Crippen LogP contribution in [-0.2, 0) is 15.7 Å². The molecule has 5 aromatic rings. The van der Waals surface area contributed by atoms with Crippen molar-refractivity contribution in [1.82, 2.24) is 4.57 Å². The first-order chi connectivity index (χ1) is 21.7. The number of ether oxygens (including phenoxy) is 2. The topological polar surface area (TPSA) is 83.0 Å². The predicted molar refractivity (Wildman–Crippen MR) is 163 cm³/mol. The summed E-state index contributed by atoms with van der Waals surface area (Å²) in [7, 11) is 1.54. The van der Waals surface area contributed by atoms with Crippen molar-refractivity contribution in [2.75, 3.05) is 13.7 Å². The maximum Gasteiger partial charge on any atom is 0.416 e. The molecule has 3 heterocycles. The standard InChI is InChI=1S/C34H25F3N2O5S/c1-3-43-32(41)28-29(20-8-5-4-6-9-20)38-33-39(30(28)21-12-14-24(42-2)15-13-21)31(40)27(45-33)19-25-16-17-26(44-25)22-10-7-11-23(18-22)34(35,36)37/h4-19,30H,3H2,1-2H3/b27-19-. The number of thiazole rings is 1. The van der Waals surface area contributed by atoms with E-state index in [2.05, 4.69) is 0 Å². The molecule has 11 heteroatoms. The van der Waals surface area contributed by atoms with Gasteiger partial charge in [0.15, 0.2) is 4.80 Å². The molecule has 45 heavy (non-hydrogen) atoms. The fourth-order valence-corrected chi connectivity index (χ4v) is 6.09. The maximum absolute atomic E-state index is 14.0. The minimum atomic E-state index is -4.50. The molecule has 0 radical (unpaired) electrons. The second kappa shape index (κ2) is 12.1. The Morgan fingerprint density at radius 3 is 2.42 bits per heavy atom. The van der Waals surface area contributed by atoms with E-state index >= 15 is 0 Å². The number of aromatic nitrogens is 1. The van der Waals surface area contributed by atoms with Gasteiger partial charge < -0.3 is 13.9 Å². The molecule has 228 valence electrons. The van der Waals surface area contributed by atoms with Gasteiger partial charge in [0.05, 0.1) is 41.1 Å². The number of halogens is 3. The Balaban J connectivity index is 1.52. The molecule has 0 spiro atoms. The minimum absolute atomic E-state index is 0.122. The highest BCUT2D eigenvalue weighted by molar-refractivity contribution is 7.07. The number of rotatable bonds is 7. The van der Waals surface area contributed by atoms with Gasteiger partial charge in [0.1, 0.15) is 17.3 Å². The van der Waals surface area contributed by atoms with Crippen LogP contribution < -0.4 is 19.6 Å². The summed E-state index contributed by atoms with van der Waals surface area (Å²) in [5.41, 5.74) is 0.927. The van der Waals surface area contributed by atoms with E-state index in [0.717, 1.165) is 23.5 Å². The number of nitrogens with zero attached hydrogens (tertiary/aromatic N) is 2. The number of methoxy groups -OCH3 is 1. The molecule has 0 fully saturated rings. The van der Waals surface area contributed by atoms with Gasteiger partial charge in [0.2, 0.25) is 0 Å². The highest BCUT2D eigenvalue weighted by atomic mass is 32.1. The summed E-state index contributed by atoms with van der Waals surface area (Å²) < 4.78 is 58.1. The maximum atomic E-state index is 14.0. The molecular formula is C34H25F3N2O5S. The van der Waals surface area contributed by atoms with Gasteiger partial charge >= 0.3 is 12.1 Å². The highest BCUT2D eigenvalue weighted by Crippen LogP contribution is 2.36. The lowest BCUT2D eigenvalue weighted by Gasteiger charge is -2.26. The van der Waals surface area contributed by atoms with Gasteiger partial charge in [-0.25, -0.2) is 9.79 Å². The number of hydrogen-bond acceptors (Lipinski definition) is 7. The molecule has 1 atom stereocenters. The largest absolute Gasteiger partial charge is 0.497 e. The van der Waals surface area contributed by atoms with Crippen molar-refractivity contribution < 1.29 is 31.9 Å². The quantitative estimate of drug-likeness (QED) is 0.200. The molecule has 0 saturated carbocycles. The number of alkyl halides is 3. The average molecular weight is 631 g/mol. The van der Waals surface area contributed by atoms with Gasteiger partial charge in [-0.3, -0.25) is 9.36 Å². The molecule has 6 rings (SSSR count). The zero-order valence-electron chi connectivity index (χ0n) is 24.0. The van der Waals surface area contributed by atoms with Crippen LogP contribution in [0.1, 0.15) is 35.4 Å². The Morgan fingerprint density at radius 2 is 1.73 bits per heavy atom. The average Bonchev–Trinajstić information content (AvgIpc) is 3.64. The third-order valence-corrected chi connectivity index (χ3v) is 8.16. The SMILES string of the molecule is CCOC(=O)C1=C(c2ccccc2)N=c2s/c(=C\c3ccc(-c4cccc(C(F)(F)F)c4)o3)c(=O)n2C1c1ccc(OC)cc1. The van der Waals surface area contributed by atoms with Gasteiger partial charge in [-0.2, -0.15) is 13.2 Å². The lowest BCUT2D eigenvalue weighted by atomic mass is 9.93. The summed E-state index contributed by atoms with van der Waals surface area (Å²) in [6.45, 7) is 1.83. The third kappa shape index (κ3) is 5.86. The molecule has 3 aromatic carbocycles. The molecule has 0 N–H and O–H groups in total. The van der Waals surface area contributed by atoms with E-state index < -0.39 is 29.3 Å². The molecule has 7 nitrogen and oxygen atoms in total. The lowest BCUT2D eigenvalue weighted by molar-refractivity contribution is -0.139. The monoisotopic (exact) mass is 630 g/mol. The van der Waals surface area contributed by atoms with E-state index in [1.165, 1.54) is 22.8 Å². The molecule has 0 amide bonds. The van der Waals surface area contributed by atoms with Crippen molar-refractivity contribution in [2.24, 2.45) is 4.99 Å². The smallest absolute Gasteiger partial charge is 0.416 e. The number of carbonyl (C=O) groups excluding carboxylic acids is 1. The third-order valence-electron chi connectivity index (χ3n) is 7.18. The van der Waals surface area contributed by atoms with E-state index in [4.69, 9.17) is 18.9 Å². The molecule has 0 aliphatic carbocycles. The second-order valence-electron chi connectivity index (χ2n) is 9.99. The second-order valence-corrected chi connectivity index (χ2v) is 11.0. The fraction of sp³-hybridized carbons (Fsp3) is 0.147. The zero-order valence-corrected chi connectivity index (χ0v) is 24.8. The Labute approximate surface area is 258 Å². The minimum Gasteiger partial charge on any atom is -0.497 e. The van der Waals surface area contributed by atoms with Crippen LogP contribution in [0.5, 0.6) is 5.75 Å². The summed E-state index contributed by atoms with van der Waals surface area (Å²) in [5.74, 6) is 0.478. The molecule has 0 saturated heterocycles. The Kier molecular flexibility index (Phi) is 8.03. The van der Waals surface area contributed by atoms with Crippen molar-refractivity contribution >= 4 is 29.1 Å². The summed E-state index contributed by atoms with van der Waals surface area (Å²) in [6.07, 6.45) is -2.98. The van der Waals surface area contributed by atoms with Crippen LogP contribution in [0, 0.1) is 0 Å². The summed E-state index contributed by atoms with van der Waals surface area (Å²) in [5, 5.41) is 0. The van der Waals surface area contributed by atoms with E-state index in [-0.39, 0.29) is 33.8 Å². The number of esters is 1. The lowest BCUT2D eigenvalue weighted by Crippen LogP contribution is -2.40. The Hall–Kier alpha value is -5.16. The summed E-state index contributed by atoms with van der Waals surface area (Å²) in [6, 6.07) is 23.3. The highest BCUT2D eigenvalue weighted by Gasteiger charge is 2.35. The van der Waals surface area contributed by atoms with Gasteiger partial charge in [-0.15, -0.1) is 0 Å². The van der Waals surface area contributed by atoms with Gasteiger partial charge in [-0.1, -0.05) is 65.9 Å². The van der Waals surface area contributed by atoms with Crippen molar-refractivity contribution in [3.63, 3.8) is 0 Å². The number of benzene rings is 3. The van der Waals surface area contributed by atoms with Gasteiger partial charge in [0, 0.05) is 17.2 Å². The Bertz CT molecular complexity index is 2090. The predicted octanol–water partition coefficient (Wildman–Crippen LogP) is 6.22. The summed E-state index contributed by atoms with van der Waals surface area (Å²) in [4.78, 5) is 32.8. The number of hydrogen-bond donors (Lipinski definition) is 0. The van der Waals surface area contributed by atoms with Gasteiger partial charge in [-0.05, 0) is 48.9 Å². The van der Waals surface area contributed by atoms with E-state index in [1.807, 2.05) is 30.3 Å². The van der Waals surface area contributed by atoms with Crippen LogP contribution in [0.4, 0.5) is 13.2 Å². The number of carbonyl (C=O) groups is 1. The van der Waals surface area contributed by atoms with Crippen molar-refractivity contribution in [1.29, 1.82) is 0 Å². The Morgan fingerprint density at radius 1 is 1.00 bits per heavy atom. The first kappa shape index (κ1) is 29.9. The molecule has 1 aliphatic heterocycles. The number of fused-ring (bicyclic) bond motifs is 1. The van der Waals surface area contributed by atoms with Crippen LogP contribution >= 0.6 is 11.3 Å². The zero-order chi connectivity index (χ0) is 31.7. The van der Waals surface area contributed by atoms with Crippen molar-refractivity contribution in [3.05, 3.63) is 139 Å². The van der Waals surface area contributed by atoms with E-state index in [1.54, 1.807) is 50.4 Å². The normalized spacial score (nSPS) is 15.0. The van der Waals surface area contributed by atoms with Crippen molar-refractivity contribution in [3.8, 4) is 17.1 Å². The van der Waals surface area contributed by atoms with E-state index in [0.29, 0.717) is 27.4 Å². The van der Waals surface area contributed by atoms with Crippen molar-refractivity contribution in [2.45, 2.75) is 19.1 Å². The van der Waals surface area contributed by atoms with Crippen LogP contribution in [0.15, 0.2) is 111 Å². The number of furan rings is 1. The molecule has 2 aromatic heterocycles. The first-order valence-corrected chi connectivity index (χ1v) is 14.7. The molecular weight excluding hydrogens is 605 g/mol. The fourth-order valence-electron chi connectivity index (χ4n) is 5.11. The molecule has 0 bridgehead atoms. The van der Waals surface area contributed by atoms with Crippen LogP contribution in [0.2, 0.25) is 0 Å². The van der Waals surface area contributed by atoms with Crippen LogP contribution in [0.3, 0.4) is 0 Å². The molecule has 1 unspecified atom stereocenters.